The molecule has 2 aromatic heterocycles. The summed E-state index contributed by atoms with van der Waals surface area (Å²) in [5.74, 6) is 0.882. The molecule has 0 atom stereocenters. The fourth-order valence-corrected chi connectivity index (χ4v) is 4.94. The lowest BCUT2D eigenvalue weighted by Crippen LogP contribution is -2.18. The summed E-state index contributed by atoms with van der Waals surface area (Å²) in [5, 5.41) is 1.53. The van der Waals surface area contributed by atoms with E-state index in [-0.39, 0.29) is 5.56 Å². The van der Waals surface area contributed by atoms with Gasteiger partial charge in [0.2, 0.25) is 0 Å². The number of nitrogens with one attached hydrogen (secondary N) is 1. The molecule has 3 heterocycles. The van der Waals surface area contributed by atoms with Gasteiger partial charge in [0.15, 0.2) is 0 Å². The van der Waals surface area contributed by atoms with Crippen molar-refractivity contribution in [1.29, 1.82) is 0 Å². The first-order valence-electron chi connectivity index (χ1n) is 12.0. The molecule has 1 fully saturated rings. The minimum atomic E-state index is -0.108. The first-order valence-corrected chi connectivity index (χ1v) is 12.0. The Morgan fingerprint density at radius 1 is 1.09 bits per heavy atom. The Hall–Kier alpha value is -3.55. The van der Waals surface area contributed by atoms with E-state index in [0.717, 1.165) is 60.4 Å². The van der Waals surface area contributed by atoms with Crippen molar-refractivity contribution in [3.63, 3.8) is 0 Å². The van der Waals surface area contributed by atoms with Crippen molar-refractivity contribution in [2.45, 2.75) is 32.2 Å². The van der Waals surface area contributed by atoms with Crippen LogP contribution < -0.4 is 11.3 Å². The van der Waals surface area contributed by atoms with Crippen molar-refractivity contribution in [3.05, 3.63) is 75.8 Å². The number of nitrogens with two attached hydrogens (primary N) is 1. The lowest BCUT2D eigenvalue weighted by molar-refractivity contribution is 0.0850. The van der Waals surface area contributed by atoms with Crippen LogP contribution >= 0.6 is 0 Å². The third-order valence-electron chi connectivity index (χ3n) is 6.77. The number of aromatic nitrogens is 3. The summed E-state index contributed by atoms with van der Waals surface area (Å²) in [7, 11) is 4.18. The number of aromatic amines is 1. The van der Waals surface area contributed by atoms with E-state index in [2.05, 4.69) is 47.2 Å². The molecule has 0 amide bonds. The first-order chi connectivity index (χ1) is 16.9. The molecule has 2 aromatic carbocycles. The predicted octanol–water partition coefficient (Wildman–Crippen LogP) is 4.50. The van der Waals surface area contributed by atoms with Crippen LogP contribution in [0, 0.1) is 6.92 Å². The highest BCUT2D eigenvalue weighted by Crippen LogP contribution is 2.34. The third-order valence-corrected chi connectivity index (χ3v) is 6.77. The van der Waals surface area contributed by atoms with Crippen molar-refractivity contribution in [2.75, 3.05) is 33.0 Å². The van der Waals surface area contributed by atoms with Crippen LogP contribution in [0.4, 0.5) is 5.82 Å². The van der Waals surface area contributed by atoms with Crippen LogP contribution in [0.15, 0.2) is 53.6 Å². The molecule has 1 aliphatic heterocycles. The molecule has 1 aliphatic rings. The fourth-order valence-electron chi connectivity index (χ4n) is 4.94. The Balaban J connectivity index is 1.57. The van der Waals surface area contributed by atoms with Gasteiger partial charge in [-0.25, -0.2) is 9.97 Å². The zero-order chi connectivity index (χ0) is 24.5. The number of ether oxygens (including phenoxy) is 1. The van der Waals surface area contributed by atoms with E-state index in [0.29, 0.717) is 22.8 Å². The number of hydrogen-bond acceptors (Lipinski definition) is 6. The van der Waals surface area contributed by atoms with E-state index in [9.17, 15) is 4.79 Å². The Bertz CT molecular complexity index is 1440. The number of aryl methyl sites for hydroxylation is 1. The normalized spacial score (nSPS) is 14.6. The maximum atomic E-state index is 12.2. The summed E-state index contributed by atoms with van der Waals surface area (Å²) in [6, 6.07) is 12.3. The lowest BCUT2D eigenvalue weighted by Gasteiger charge is -2.26. The molecule has 0 aliphatic carbocycles. The molecule has 0 bridgehead atoms. The van der Waals surface area contributed by atoms with Gasteiger partial charge in [0, 0.05) is 42.5 Å². The molecule has 0 spiro atoms. The predicted molar refractivity (Wildman–Crippen MR) is 140 cm³/mol. The standard InChI is InChI=1S/C28H31N5O2/c1-17-14-31-28(34)23-7-5-20(13-24(17)23)26-27(29)30-15-25(32-26)19-4-6-22(18-8-10-35-11-9-18)21(12-19)16-33(2)3/h4-7,12-15,18H,8-11,16H2,1-3H3,(H2,29,30)(H,31,34). The van der Waals surface area contributed by atoms with Gasteiger partial charge in [0.1, 0.15) is 11.5 Å². The van der Waals surface area contributed by atoms with Crippen molar-refractivity contribution < 1.29 is 4.74 Å². The quantitative estimate of drug-likeness (QED) is 0.447. The number of nitrogen functional groups attached to an aromatic ring is 1. The number of nitrogens with zero attached hydrogens (tertiary/aromatic N) is 3. The van der Waals surface area contributed by atoms with Crippen LogP contribution in [0.1, 0.15) is 35.4 Å². The molecule has 0 saturated carbocycles. The highest BCUT2D eigenvalue weighted by molar-refractivity contribution is 5.89. The second kappa shape index (κ2) is 9.60. The van der Waals surface area contributed by atoms with E-state index in [1.54, 1.807) is 12.4 Å². The molecule has 180 valence electrons. The van der Waals surface area contributed by atoms with E-state index in [1.165, 1.54) is 11.1 Å². The number of H-pyrrole nitrogens is 1. The zero-order valence-electron chi connectivity index (χ0n) is 20.5. The van der Waals surface area contributed by atoms with Gasteiger partial charge in [-0.1, -0.05) is 18.2 Å². The molecule has 3 N–H and O–H groups in total. The van der Waals surface area contributed by atoms with Gasteiger partial charge in [0.05, 0.1) is 11.9 Å². The Kier molecular flexibility index (Phi) is 6.36. The summed E-state index contributed by atoms with van der Waals surface area (Å²) in [4.78, 5) is 26.6. The summed E-state index contributed by atoms with van der Waals surface area (Å²) < 4.78 is 5.58. The topological polar surface area (TPSA) is 97.1 Å². The van der Waals surface area contributed by atoms with Gasteiger partial charge in [0.25, 0.3) is 5.56 Å². The summed E-state index contributed by atoms with van der Waals surface area (Å²) >= 11 is 0. The minimum absolute atomic E-state index is 0.108. The highest BCUT2D eigenvalue weighted by Gasteiger charge is 2.20. The van der Waals surface area contributed by atoms with Gasteiger partial charge in [-0.2, -0.15) is 0 Å². The average molecular weight is 470 g/mol. The molecule has 35 heavy (non-hydrogen) atoms. The second-order valence-corrected chi connectivity index (χ2v) is 9.59. The Morgan fingerprint density at radius 3 is 2.63 bits per heavy atom. The first kappa shape index (κ1) is 23.2. The number of fused-ring (bicyclic) bond motifs is 1. The van der Waals surface area contributed by atoms with Gasteiger partial charge >= 0.3 is 0 Å². The van der Waals surface area contributed by atoms with Gasteiger partial charge < -0.3 is 20.4 Å². The van der Waals surface area contributed by atoms with Gasteiger partial charge in [-0.15, -0.1) is 0 Å². The van der Waals surface area contributed by atoms with Crippen LogP contribution in [0.3, 0.4) is 0 Å². The smallest absolute Gasteiger partial charge is 0.255 e. The van der Waals surface area contributed by atoms with Crippen LogP contribution in [-0.4, -0.2) is 47.2 Å². The second-order valence-electron chi connectivity index (χ2n) is 9.59. The van der Waals surface area contributed by atoms with Crippen molar-refractivity contribution in [3.8, 4) is 22.5 Å². The largest absolute Gasteiger partial charge is 0.382 e. The monoisotopic (exact) mass is 469 g/mol. The molecule has 1 saturated heterocycles. The minimum Gasteiger partial charge on any atom is -0.382 e. The van der Waals surface area contributed by atoms with E-state index in [1.807, 2.05) is 25.1 Å². The number of pyridine rings is 1. The maximum absolute atomic E-state index is 12.2. The lowest BCUT2D eigenvalue weighted by atomic mass is 9.87. The molecule has 0 unspecified atom stereocenters. The van der Waals surface area contributed by atoms with Crippen LogP contribution in [0.2, 0.25) is 0 Å². The summed E-state index contributed by atoms with van der Waals surface area (Å²) in [5.41, 5.74) is 13.1. The number of hydrogen-bond donors (Lipinski definition) is 2. The fraction of sp³-hybridized carbons (Fsp3) is 0.321. The zero-order valence-corrected chi connectivity index (χ0v) is 20.5. The van der Waals surface area contributed by atoms with E-state index in [4.69, 9.17) is 15.5 Å². The number of benzene rings is 2. The molecule has 7 nitrogen and oxygen atoms in total. The SMILES string of the molecule is Cc1c[nH]c(=O)c2ccc(-c3nc(-c4ccc(C5CCOCC5)c(CN(C)C)c4)cnc3N)cc12. The van der Waals surface area contributed by atoms with Crippen LogP contribution in [0.5, 0.6) is 0 Å². The van der Waals surface area contributed by atoms with Crippen molar-refractivity contribution in [1.82, 2.24) is 19.9 Å². The molecule has 4 aromatic rings. The maximum Gasteiger partial charge on any atom is 0.255 e. The number of anilines is 1. The Morgan fingerprint density at radius 2 is 1.86 bits per heavy atom. The molecular formula is C28H31N5O2. The Labute approximate surface area is 205 Å². The van der Waals surface area contributed by atoms with E-state index < -0.39 is 0 Å². The van der Waals surface area contributed by atoms with Crippen LogP contribution in [-0.2, 0) is 11.3 Å². The van der Waals surface area contributed by atoms with Crippen molar-refractivity contribution in [2.24, 2.45) is 0 Å². The summed E-state index contributed by atoms with van der Waals surface area (Å²) in [6.07, 6.45) is 5.57. The average Bonchev–Trinajstić information content (AvgIpc) is 2.86. The van der Waals surface area contributed by atoms with E-state index >= 15 is 0 Å². The van der Waals surface area contributed by atoms with Gasteiger partial charge in [-0.3, -0.25) is 4.79 Å². The molecule has 5 rings (SSSR count). The summed E-state index contributed by atoms with van der Waals surface area (Å²) in [6.45, 7) is 4.46. The van der Waals surface area contributed by atoms with Gasteiger partial charge in [-0.05, 0) is 80.1 Å². The van der Waals surface area contributed by atoms with Crippen molar-refractivity contribution >= 4 is 16.6 Å². The highest BCUT2D eigenvalue weighted by atomic mass is 16.5. The third kappa shape index (κ3) is 4.70. The number of rotatable bonds is 5. The molecule has 0 radical (unpaired) electrons. The molecular weight excluding hydrogens is 438 g/mol. The van der Waals surface area contributed by atoms with Crippen LogP contribution in [0.25, 0.3) is 33.3 Å². The molecule has 7 heteroatoms.